The number of hydrogen-bond acceptors (Lipinski definition) is 2. The van der Waals surface area contributed by atoms with Gasteiger partial charge in [0.1, 0.15) is 5.75 Å². The van der Waals surface area contributed by atoms with Crippen LogP contribution in [0.5, 0.6) is 5.75 Å². The number of fused-ring (bicyclic) bond motifs is 1. The first-order valence-corrected chi connectivity index (χ1v) is 5.27. The Morgan fingerprint density at radius 2 is 2.13 bits per heavy atom. The van der Waals surface area contributed by atoms with Gasteiger partial charge in [-0.15, -0.1) is 0 Å². The number of nitrogens with zero attached hydrogens (tertiary/aromatic N) is 1. The molecule has 2 rings (SSSR count). The van der Waals surface area contributed by atoms with Crippen LogP contribution in [-0.4, -0.2) is 16.2 Å². The number of aryl methyl sites for hydroxylation is 1. The molecule has 0 unspecified atom stereocenters. The minimum absolute atomic E-state index is 0.314. The maximum atomic E-state index is 9.45. The van der Waals surface area contributed by atoms with Crippen LogP contribution in [0.4, 0.5) is 0 Å². The van der Waals surface area contributed by atoms with Gasteiger partial charge in [-0.1, -0.05) is 0 Å². The van der Waals surface area contributed by atoms with Crippen molar-refractivity contribution in [2.45, 2.75) is 19.9 Å². The number of phenols is 1. The molecule has 1 heterocycles. The molecule has 3 N–H and O–H groups in total. The van der Waals surface area contributed by atoms with Crippen molar-refractivity contribution in [2.24, 2.45) is 5.73 Å². The summed E-state index contributed by atoms with van der Waals surface area (Å²) in [4.78, 5) is 0. The summed E-state index contributed by atoms with van der Waals surface area (Å²) in [5.74, 6) is 0.314. The Balaban J connectivity index is 2.63. The van der Waals surface area contributed by atoms with E-state index < -0.39 is 0 Å². The highest BCUT2D eigenvalue weighted by molar-refractivity contribution is 5.82. The summed E-state index contributed by atoms with van der Waals surface area (Å²) >= 11 is 0. The van der Waals surface area contributed by atoms with E-state index in [0.717, 1.165) is 23.9 Å². The van der Waals surface area contributed by atoms with Crippen LogP contribution in [0.1, 0.15) is 12.6 Å². The van der Waals surface area contributed by atoms with Crippen LogP contribution in [0.2, 0.25) is 0 Å². The summed E-state index contributed by atoms with van der Waals surface area (Å²) in [7, 11) is 0. The van der Waals surface area contributed by atoms with Crippen LogP contribution >= 0.6 is 0 Å². The lowest BCUT2D eigenvalue weighted by molar-refractivity contribution is 0.476. The van der Waals surface area contributed by atoms with Crippen LogP contribution in [0.3, 0.4) is 0 Å². The molecule has 0 saturated carbocycles. The third-order valence-electron chi connectivity index (χ3n) is 2.69. The molecule has 0 atom stereocenters. The molecule has 0 aliphatic rings. The van der Waals surface area contributed by atoms with Gasteiger partial charge >= 0.3 is 0 Å². The maximum absolute atomic E-state index is 9.45. The van der Waals surface area contributed by atoms with E-state index >= 15 is 0 Å². The lowest BCUT2D eigenvalue weighted by atomic mass is 10.2. The fraction of sp³-hybridized carbons (Fsp3) is 0.333. The average molecular weight is 204 g/mol. The second kappa shape index (κ2) is 3.95. The van der Waals surface area contributed by atoms with Crippen molar-refractivity contribution in [3.05, 3.63) is 30.0 Å². The Hall–Kier alpha value is -1.48. The second-order valence-electron chi connectivity index (χ2n) is 3.66. The molecule has 2 aromatic rings. The van der Waals surface area contributed by atoms with Gasteiger partial charge in [0, 0.05) is 23.7 Å². The molecule has 0 amide bonds. The van der Waals surface area contributed by atoms with Gasteiger partial charge in [0.25, 0.3) is 0 Å². The molecule has 3 heteroatoms. The molecule has 0 saturated heterocycles. The topological polar surface area (TPSA) is 51.2 Å². The Morgan fingerprint density at radius 1 is 1.33 bits per heavy atom. The van der Waals surface area contributed by atoms with E-state index in [-0.39, 0.29) is 0 Å². The van der Waals surface area contributed by atoms with Crippen LogP contribution in [0, 0.1) is 0 Å². The summed E-state index contributed by atoms with van der Waals surface area (Å²) in [6.07, 6.45) is 0.878. The third kappa shape index (κ3) is 1.70. The molecule has 0 fully saturated rings. The van der Waals surface area contributed by atoms with E-state index in [2.05, 4.69) is 17.6 Å². The molecule has 80 valence electrons. The van der Waals surface area contributed by atoms with E-state index in [1.54, 1.807) is 12.1 Å². The van der Waals surface area contributed by atoms with Crippen molar-refractivity contribution >= 4 is 10.9 Å². The van der Waals surface area contributed by atoms with Gasteiger partial charge in [0.2, 0.25) is 0 Å². The van der Waals surface area contributed by atoms with Crippen molar-refractivity contribution in [1.82, 2.24) is 4.57 Å². The van der Waals surface area contributed by atoms with Gasteiger partial charge in [-0.25, -0.2) is 0 Å². The first kappa shape index (κ1) is 10.1. The first-order valence-electron chi connectivity index (χ1n) is 5.27. The Bertz CT molecular complexity index is 474. The quantitative estimate of drug-likeness (QED) is 0.801. The minimum Gasteiger partial charge on any atom is -0.508 e. The number of aromatic hydroxyl groups is 1. The zero-order chi connectivity index (χ0) is 10.8. The lowest BCUT2D eigenvalue weighted by Gasteiger charge is -2.06. The summed E-state index contributed by atoms with van der Waals surface area (Å²) < 4.78 is 2.20. The number of rotatable bonds is 3. The molecule has 0 radical (unpaired) electrons. The van der Waals surface area contributed by atoms with E-state index in [4.69, 9.17) is 5.73 Å². The van der Waals surface area contributed by atoms with Gasteiger partial charge in [0.05, 0.1) is 5.52 Å². The predicted molar refractivity (Wildman–Crippen MR) is 62.0 cm³/mol. The third-order valence-corrected chi connectivity index (χ3v) is 2.69. The molecular formula is C12H16N2O. The molecule has 0 bridgehead atoms. The highest BCUT2D eigenvalue weighted by Crippen LogP contribution is 2.24. The van der Waals surface area contributed by atoms with E-state index in [1.165, 1.54) is 5.69 Å². The molecular weight excluding hydrogens is 188 g/mol. The summed E-state index contributed by atoms with van der Waals surface area (Å²) in [5.41, 5.74) is 7.89. The normalized spacial score (nSPS) is 11.1. The summed E-state index contributed by atoms with van der Waals surface area (Å²) in [6.45, 7) is 3.66. The molecule has 3 nitrogen and oxygen atoms in total. The first-order chi connectivity index (χ1) is 7.26. The van der Waals surface area contributed by atoms with Crippen molar-refractivity contribution in [2.75, 3.05) is 6.54 Å². The average Bonchev–Trinajstić information content (AvgIpc) is 2.55. The predicted octanol–water partition coefficient (Wildman–Crippen LogP) is 1.87. The molecule has 0 spiro atoms. The van der Waals surface area contributed by atoms with E-state index in [0.29, 0.717) is 12.3 Å². The van der Waals surface area contributed by atoms with Gasteiger partial charge in [-0.2, -0.15) is 0 Å². The van der Waals surface area contributed by atoms with Crippen molar-refractivity contribution in [3.8, 4) is 5.75 Å². The van der Waals surface area contributed by atoms with E-state index in [1.807, 2.05) is 6.07 Å². The number of nitrogens with two attached hydrogens (primary N) is 1. The van der Waals surface area contributed by atoms with Crippen molar-refractivity contribution < 1.29 is 5.11 Å². The zero-order valence-electron chi connectivity index (χ0n) is 8.90. The minimum atomic E-state index is 0.314. The standard InChI is InChI=1S/C12H16N2O/c1-2-14-10(5-6-13)7-9-3-4-11(15)8-12(9)14/h3-4,7-8,15H,2,5-6,13H2,1H3. The lowest BCUT2D eigenvalue weighted by Crippen LogP contribution is -2.07. The second-order valence-corrected chi connectivity index (χ2v) is 3.66. The van der Waals surface area contributed by atoms with Gasteiger partial charge < -0.3 is 15.4 Å². The fourth-order valence-corrected chi connectivity index (χ4v) is 2.03. The van der Waals surface area contributed by atoms with Crippen LogP contribution in [0.15, 0.2) is 24.3 Å². The Kier molecular flexibility index (Phi) is 2.64. The SMILES string of the molecule is CCn1c(CCN)cc2ccc(O)cc21. The monoisotopic (exact) mass is 204 g/mol. The highest BCUT2D eigenvalue weighted by Gasteiger charge is 2.06. The smallest absolute Gasteiger partial charge is 0.117 e. The van der Waals surface area contributed by atoms with Gasteiger partial charge in [-0.05, 0) is 38.1 Å². The molecule has 15 heavy (non-hydrogen) atoms. The highest BCUT2D eigenvalue weighted by atomic mass is 16.3. The fourth-order valence-electron chi connectivity index (χ4n) is 2.03. The molecule has 0 aliphatic heterocycles. The summed E-state index contributed by atoms with van der Waals surface area (Å²) in [6, 6.07) is 7.61. The number of benzene rings is 1. The maximum Gasteiger partial charge on any atom is 0.117 e. The van der Waals surface area contributed by atoms with Crippen molar-refractivity contribution in [1.29, 1.82) is 0 Å². The largest absolute Gasteiger partial charge is 0.508 e. The van der Waals surface area contributed by atoms with Crippen LogP contribution in [-0.2, 0) is 13.0 Å². The molecule has 1 aromatic heterocycles. The molecule has 1 aromatic carbocycles. The van der Waals surface area contributed by atoms with Crippen LogP contribution < -0.4 is 5.73 Å². The number of aromatic nitrogens is 1. The Labute approximate surface area is 89.1 Å². The van der Waals surface area contributed by atoms with Gasteiger partial charge in [0.15, 0.2) is 0 Å². The number of hydrogen-bond donors (Lipinski definition) is 2. The summed E-state index contributed by atoms with van der Waals surface area (Å²) in [5, 5.41) is 10.6. The van der Waals surface area contributed by atoms with Crippen molar-refractivity contribution in [3.63, 3.8) is 0 Å². The molecule has 0 aliphatic carbocycles. The Morgan fingerprint density at radius 3 is 2.80 bits per heavy atom. The van der Waals surface area contributed by atoms with E-state index in [9.17, 15) is 5.11 Å². The zero-order valence-corrected chi connectivity index (χ0v) is 8.90. The number of phenolic OH excluding ortho intramolecular Hbond substituents is 1. The van der Waals surface area contributed by atoms with Crippen LogP contribution in [0.25, 0.3) is 10.9 Å². The van der Waals surface area contributed by atoms with Gasteiger partial charge in [-0.3, -0.25) is 0 Å².